The molecule has 1 amide bonds. The first-order chi connectivity index (χ1) is 12.5. The van der Waals surface area contributed by atoms with Gasteiger partial charge >= 0.3 is 5.97 Å². The zero-order valence-corrected chi connectivity index (χ0v) is 14.9. The fourth-order valence-electron chi connectivity index (χ4n) is 2.53. The fraction of sp³-hybridized carbons (Fsp3) is 0.300. The number of rotatable bonds is 10. The molecule has 0 spiro atoms. The molecule has 0 aromatic heterocycles. The van der Waals surface area contributed by atoms with E-state index in [0.717, 1.165) is 5.56 Å². The van der Waals surface area contributed by atoms with Crippen LogP contribution < -0.4 is 16.0 Å². The summed E-state index contributed by atoms with van der Waals surface area (Å²) in [5.41, 5.74) is 2.86. The number of aryl methyl sites for hydroxylation is 1. The minimum atomic E-state index is -1.03. The van der Waals surface area contributed by atoms with E-state index in [9.17, 15) is 14.7 Å². The molecule has 2 aromatic carbocycles. The van der Waals surface area contributed by atoms with E-state index in [0.29, 0.717) is 25.3 Å². The van der Waals surface area contributed by atoms with Gasteiger partial charge in [-0.2, -0.15) is 0 Å². The van der Waals surface area contributed by atoms with Gasteiger partial charge in [0.2, 0.25) is 5.91 Å². The largest absolute Gasteiger partial charge is 0.480 e. The van der Waals surface area contributed by atoms with Crippen LogP contribution in [0.5, 0.6) is 0 Å². The summed E-state index contributed by atoms with van der Waals surface area (Å²) in [7, 11) is 0. The second-order valence-corrected chi connectivity index (χ2v) is 6.13. The smallest absolute Gasteiger partial charge is 0.321 e. The van der Waals surface area contributed by atoms with E-state index in [4.69, 9.17) is 0 Å². The van der Waals surface area contributed by atoms with Crippen molar-refractivity contribution >= 4 is 17.6 Å². The first-order valence-electron chi connectivity index (χ1n) is 8.62. The Kier molecular flexibility index (Phi) is 7.79. The number of carboxylic acid groups (broad SMARTS) is 1. The molecule has 138 valence electrons. The maximum Gasteiger partial charge on any atom is 0.321 e. The van der Waals surface area contributed by atoms with Gasteiger partial charge < -0.3 is 21.1 Å². The summed E-state index contributed by atoms with van der Waals surface area (Å²) in [5, 5.41) is 18.2. The van der Waals surface area contributed by atoms with Gasteiger partial charge in [0, 0.05) is 25.3 Å². The summed E-state index contributed by atoms with van der Waals surface area (Å²) in [6.45, 7) is 3.72. The zero-order valence-electron chi connectivity index (χ0n) is 14.9. The van der Waals surface area contributed by atoms with E-state index in [2.05, 4.69) is 16.0 Å². The van der Waals surface area contributed by atoms with Crippen LogP contribution in [0.25, 0.3) is 0 Å². The quantitative estimate of drug-likeness (QED) is 0.490. The summed E-state index contributed by atoms with van der Waals surface area (Å²) in [6, 6.07) is 16.4. The van der Waals surface area contributed by atoms with Gasteiger partial charge in [-0.05, 0) is 30.2 Å². The van der Waals surface area contributed by atoms with Gasteiger partial charge in [-0.15, -0.1) is 0 Å². The molecule has 0 unspecified atom stereocenters. The van der Waals surface area contributed by atoms with Gasteiger partial charge in [0.05, 0.1) is 6.42 Å². The van der Waals surface area contributed by atoms with E-state index in [-0.39, 0.29) is 12.3 Å². The maximum atomic E-state index is 12.1. The number of anilines is 1. The lowest BCUT2D eigenvalue weighted by Gasteiger charge is -2.15. The van der Waals surface area contributed by atoms with Crippen LogP contribution in [0.3, 0.4) is 0 Å². The molecule has 26 heavy (non-hydrogen) atoms. The molecular formula is C20H25N3O3. The average Bonchev–Trinajstić information content (AvgIpc) is 2.61. The zero-order chi connectivity index (χ0) is 18.8. The van der Waals surface area contributed by atoms with E-state index in [1.165, 1.54) is 5.56 Å². The predicted octanol–water partition coefficient (Wildman–Crippen LogP) is 2.16. The molecule has 2 rings (SSSR count). The van der Waals surface area contributed by atoms with Gasteiger partial charge in [-0.25, -0.2) is 0 Å². The number of amides is 1. The SMILES string of the molecule is Cc1cccc(NC(=O)C[C@H](NCCNCc2ccccc2)C(=O)O)c1. The van der Waals surface area contributed by atoms with Crippen LogP contribution in [0.1, 0.15) is 17.5 Å². The highest BCUT2D eigenvalue weighted by atomic mass is 16.4. The van der Waals surface area contributed by atoms with Crippen molar-refractivity contribution in [3.8, 4) is 0 Å². The molecule has 0 aliphatic heterocycles. The summed E-state index contributed by atoms with van der Waals surface area (Å²) in [6.07, 6.45) is -0.123. The van der Waals surface area contributed by atoms with E-state index >= 15 is 0 Å². The summed E-state index contributed by atoms with van der Waals surface area (Å²) < 4.78 is 0. The number of hydrogen-bond acceptors (Lipinski definition) is 4. The molecule has 0 bridgehead atoms. The highest BCUT2D eigenvalue weighted by molar-refractivity contribution is 5.94. The normalized spacial score (nSPS) is 11.7. The van der Waals surface area contributed by atoms with E-state index in [1.807, 2.05) is 55.5 Å². The van der Waals surface area contributed by atoms with Crippen molar-refractivity contribution < 1.29 is 14.7 Å². The van der Waals surface area contributed by atoms with Gasteiger partial charge in [0.25, 0.3) is 0 Å². The molecule has 0 saturated heterocycles. The number of carbonyl (C=O) groups excluding carboxylic acids is 1. The second-order valence-electron chi connectivity index (χ2n) is 6.13. The Hall–Kier alpha value is -2.70. The molecule has 0 heterocycles. The first-order valence-corrected chi connectivity index (χ1v) is 8.62. The van der Waals surface area contributed by atoms with E-state index < -0.39 is 12.0 Å². The number of benzene rings is 2. The molecule has 6 heteroatoms. The lowest BCUT2D eigenvalue weighted by atomic mass is 10.1. The lowest BCUT2D eigenvalue weighted by molar-refractivity contribution is -0.141. The monoisotopic (exact) mass is 355 g/mol. The second kappa shape index (κ2) is 10.3. The van der Waals surface area contributed by atoms with Crippen molar-refractivity contribution in [2.24, 2.45) is 0 Å². The van der Waals surface area contributed by atoms with Crippen molar-refractivity contribution in [3.05, 3.63) is 65.7 Å². The summed E-state index contributed by atoms with van der Waals surface area (Å²) >= 11 is 0. The Morgan fingerprint density at radius 1 is 1.04 bits per heavy atom. The number of carboxylic acids is 1. The predicted molar refractivity (Wildman–Crippen MR) is 102 cm³/mol. The highest BCUT2D eigenvalue weighted by Gasteiger charge is 2.20. The Balaban J connectivity index is 1.72. The first kappa shape index (κ1) is 19.6. The minimum absolute atomic E-state index is 0.123. The van der Waals surface area contributed by atoms with Crippen molar-refractivity contribution in [2.75, 3.05) is 18.4 Å². The standard InChI is InChI=1S/C20H25N3O3/c1-15-6-5-9-17(12-15)23-19(24)13-18(20(25)26)22-11-10-21-14-16-7-3-2-4-8-16/h2-9,12,18,21-22H,10-11,13-14H2,1H3,(H,23,24)(H,25,26)/t18-/m0/s1. The molecule has 0 saturated carbocycles. The highest BCUT2D eigenvalue weighted by Crippen LogP contribution is 2.10. The Morgan fingerprint density at radius 3 is 2.50 bits per heavy atom. The van der Waals surface area contributed by atoms with E-state index in [1.54, 1.807) is 6.07 Å². The van der Waals surface area contributed by atoms with Crippen LogP contribution in [-0.4, -0.2) is 36.1 Å². The maximum absolute atomic E-state index is 12.1. The third-order valence-corrected chi connectivity index (χ3v) is 3.85. The van der Waals surface area contributed by atoms with Crippen molar-refractivity contribution in [2.45, 2.75) is 25.9 Å². The molecule has 6 nitrogen and oxygen atoms in total. The topological polar surface area (TPSA) is 90.5 Å². The Labute approximate surface area is 153 Å². The number of nitrogens with one attached hydrogen (secondary N) is 3. The Morgan fingerprint density at radius 2 is 1.81 bits per heavy atom. The third-order valence-electron chi connectivity index (χ3n) is 3.85. The molecule has 0 aliphatic carbocycles. The molecule has 0 fully saturated rings. The average molecular weight is 355 g/mol. The van der Waals surface area contributed by atoms with Crippen LogP contribution in [0, 0.1) is 6.92 Å². The Bertz CT molecular complexity index is 719. The van der Waals surface area contributed by atoms with Crippen molar-refractivity contribution in [1.82, 2.24) is 10.6 Å². The molecule has 4 N–H and O–H groups in total. The molecular weight excluding hydrogens is 330 g/mol. The number of aliphatic carboxylic acids is 1. The number of carbonyl (C=O) groups is 2. The van der Waals surface area contributed by atoms with Crippen LogP contribution in [0.4, 0.5) is 5.69 Å². The summed E-state index contributed by atoms with van der Waals surface area (Å²) in [5.74, 6) is -1.36. The van der Waals surface area contributed by atoms with Crippen LogP contribution in [0.2, 0.25) is 0 Å². The molecule has 1 atom stereocenters. The van der Waals surface area contributed by atoms with Gasteiger partial charge in [-0.3, -0.25) is 9.59 Å². The van der Waals surface area contributed by atoms with Crippen LogP contribution in [-0.2, 0) is 16.1 Å². The van der Waals surface area contributed by atoms with Gasteiger partial charge in [0.15, 0.2) is 0 Å². The number of hydrogen-bond donors (Lipinski definition) is 4. The van der Waals surface area contributed by atoms with Crippen LogP contribution >= 0.6 is 0 Å². The van der Waals surface area contributed by atoms with Gasteiger partial charge in [0.1, 0.15) is 6.04 Å². The molecule has 0 aliphatic rings. The fourth-order valence-corrected chi connectivity index (χ4v) is 2.53. The molecule has 0 radical (unpaired) electrons. The summed E-state index contributed by atoms with van der Waals surface area (Å²) in [4.78, 5) is 23.4. The van der Waals surface area contributed by atoms with Crippen molar-refractivity contribution in [1.29, 1.82) is 0 Å². The van der Waals surface area contributed by atoms with Crippen LogP contribution in [0.15, 0.2) is 54.6 Å². The van der Waals surface area contributed by atoms with Crippen molar-refractivity contribution in [3.63, 3.8) is 0 Å². The molecule has 2 aromatic rings. The van der Waals surface area contributed by atoms with Gasteiger partial charge in [-0.1, -0.05) is 42.5 Å². The lowest BCUT2D eigenvalue weighted by Crippen LogP contribution is -2.42. The third kappa shape index (κ3) is 7.04. The minimum Gasteiger partial charge on any atom is -0.480 e.